The van der Waals surface area contributed by atoms with Gasteiger partial charge in [0.25, 0.3) is 0 Å². The van der Waals surface area contributed by atoms with E-state index in [-0.39, 0.29) is 0 Å². The van der Waals surface area contributed by atoms with E-state index in [1.165, 1.54) is 5.56 Å². The highest BCUT2D eigenvalue weighted by Crippen LogP contribution is 2.25. The number of hydrogen-bond acceptors (Lipinski definition) is 3. The fourth-order valence-electron chi connectivity index (χ4n) is 1.54. The molecule has 16 heavy (non-hydrogen) atoms. The molecule has 0 spiro atoms. The SMILES string of the molecule is COc1cc(C)ccc1NCc1ccoc1. The Balaban J connectivity index is 2.09. The van der Waals surface area contributed by atoms with Gasteiger partial charge in [-0.15, -0.1) is 0 Å². The minimum atomic E-state index is 0.732. The fourth-order valence-corrected chi connectivity index (χ4v) is 1.54. The predicted molar refractivity (Wildman–Crippen MR) is 63.8 cm³/mol. The van der Waals surface area contributed by atoms with Crippen LogP contribution in [-0.2, 0) is 6.54 Å². The van der Waals surface area contributed by atoms with Crippen LogP contribution >= 0.6 is 0 Å². The molecule has 0 aliphatic heterocycles. The van der Waals surface area contributed by atoms with Crippen molar-refractivity contribution in [2.45, 2.75) is 13.5 Å². The van der Waals surface area contributed by atoms with Crippen molar-refractivity contribution < 1.29 is 9.15 Å². The first-order valence-corrected chi connectivity index (χ1v) is 5.19. The summed E-state index contributed by atoms with van der Waals surface area (Å²) in [4.78, 5) is 0. The van der Waals surface area contributed by atoms with Gasteiger partial charge < -0.3 is 14.5 Å². The van der Waals surface area contributed by atoms with Gasteiger partial charge in [0.1, 0.15) is 5.75 Å². The average Bonchev–Trinajstić information content (AvgIpc) is 2.80. The Morgan fingerprint density at radius 2 is 2.19 bits per heavy atom. The lowest BCUT2D eigenvalue weighted by molar-refractivity contribution is 0.416. The maximum absolute atomic E-state index is 5.31. The summed E-state index contributed by atoms with van der Waals surface area (Å²) in [7, 11) is 1.68. The summed E-state index contributed by atoms with van der Waals surface area (Å²) in [6.07, 6.45) is 3.40. The second-order valence-corrected chi connectivity index (χ2v) is 3.69. The normalized spacial score (nSPS) is 10.1. The van der Waals surface area contributed by atoms with E-state index in [1.54, 1.807) is 19.6 Å². The van der Waals surface area contributed by atoms with Crippen molar-refractivity contribution in [1.29, 1.82) is 0 Å². The number of furan rings is 1. The molecule has 0 fully saturated rings. The van der Waals surface area contributed by atoms with Crippen molar-refractivity contribution in [2.24, 2.45) is 0 Å². The molecule has 2 rings (SSSR count). The van der Waals surface area contributed by atoms with Gasteiger partial charge in [0, 0.05) is 12.1 Å². The van der Waals surface area contributed by atoms with Crippen LogP contribution in [0.4, 0.5) is 5.69 Å². The summed E-state index contributed by atoms with van der Waals surface area (Å²) in [5, 5.41) is 3.31. The fraction of sp³-hybridized carbons (Fsp3) is 0.231. The summed E-state index contributed by atoms with van der Waals surface area (Å²) in [5.74, 6) is 0.864. The van der Waals surface area contributed by atoms with Crippen molar-refractivity contribution in [3.63, 3.8) is 0 Å². The van der Waals surface area contributed by atoms with Gasteiger partial charge in [-0.1, -0.05) is 6.07 Å². The van der Waals surface area contributed by atoms with Crippen LogP contribution in [0.1, 0.15) is 11.1 Å². The monoisotopic (exact) mass is 217 g/mol. The molecule has 1 aromatic heterocycles. The molecule has 84 valence electrons. The van der Waals surface area contributed by atoms with E-state index in [4.69, 9.17) is 9.15 Å². The number of methoxy groups -OCH3 is 1. The van der Waals surface area contributed by atoms with Gasteiger partial charge in [0.15, 0.2) is 0 Å². The molecule has 1 N–H and O–H groups in total. The van der Waals surface area contributed by atoms with Crippen LogP contribution in [-0.4, -0.2) is 7.11 Å². The van der Waals surface area contributed by atoms with Crippen LogP contribution in [0.15, 0.2) is 41.2 Å². The van der Waals surface area contributed by atoms with E-state index in [0.717, 1.165) is 23.5 Å². The molecule has 3 nitrogen and oxygen atoms in total. The highest BCUT2D eigenvalue weighted by atomic mass is 16.5. The van der Waals surface area contributed by atoms with Gasteiger partial charge >= 0.3 is 0 Å². The second kappa shape index (κ2) is 4.75. The van der Waals surface area contributed by atoms with Gasteiger partial charge in [-0.3, -0.25) is 0 Å². The smallest absolute Gasteiger partial charge is 0.142 e. The van der Waals surface area contributed by atoms with E-state index in [2.05, 4.69) is 11.4 Å². The predicted octanol–water partition coefficient (Wildman–Crippen LogP) is 3.21. The molecule has 0 aliphatic rings. The number of benzene rings is 1. The number of rotatable bonds is 4. The van der Waals surface area contributed by atoms with Crippen LogP contribution in [0.5, 0.6) is 5.75 Å². The van der Waals surface area contributed by atoms with E-state index in [9.17, 15) is 0 Å². The summed E-state index contributed by atoms with van der Waals surface area (Å²) in [6, 6.07) is 8.03. The number of ether oxygens (including phenoxy) is 1. The summed E-state index contributed by atoms with van der Waals surface area (Å²) < 4.78 is 10.3. The molecule has 0 saturated carbocycles. The van der Waals surface area contributed by atoms with Crippen LogP contribution in [0, 0.1) is 6.92 Å². The average molecular weight is 217 g/mol. The first kappa shape index (κ1) is 10.6. The van der Waals surface area contributed by atoms with Crippen molar-refractivity contribution in [1.82, 2.24) is 0 Å². The molecule has 3 heteroatoms. The topological polar surface area (TPSA) is 34.4 Å². The van der Waals surface area contributed by atoms with Gasteiger partial charge in [0.2, 0.25) is 0 Å². The Labute approximate surface area is 95.0 Å². The zero-order chi connectivity index (χ0) is 11.4. The zero-order valence-corrected chi connectivity index (χ0v) is 9.49. The molecule has 0 amide bonds. The maximum Gasteiger partial charge on any atom is 0.142 e. The molecule has 1 aromatic carbocycles. The third-order valence-electron chi connectivity index (χ3n) is 2.42. The lowest BCUT2D eigenvalue weighted by atomic mass is 10.2. The minimum absolute atomic E-state index is 0.732. The Morgan fingerprint density at radius 1 is 1.31 bits per heavy atom. The standard InChI is InChI=1S/C13H15NO2/c1-10-3-4-12(13(7-10)15-2)14-8-11-5-6-16-9-11/h3-7,9,14H,8H2,1-2H3. The third kappa shape index (κ3) is 2.37. The molecule has 2 aromatic rings. The largest absolute Gasteiger partial charge is 0.495 e. The second-order valence-electron chi connectivity index (χ2n) is 3.69. The molecule has 0 bridgehead atoms. The molecular formula is C13H15NO2. The number of hydrogen-bond donors (Lipinski definition) is 1. The Hall–Kier alpha value is -1.90. The molecule has 0 unspecified atom stereocenters. The van der Waals surface area contributed by atoms with E-state index in [1.807, 2.05) is 25.1 Å². The van der Waals surface area contributed by atoms with E-state index < -0.39 is 0 Å². The van der Waals surface area contributed by atoms with Crippen LogP contribution in [0.3, 0.4) is 0 Å². The highest BCUT2D eigenvalue weighted by Gasteiger charge is 2.02. The first-order chi connectivity index (χ1) is 7.79. The molecule has 0 aliphatic carbocycles. The summed E-state index contributed by atoms with van der Waals surface area (Å²) in [6.45, 7) is 2.78. The van der Waals surface area contributed by atoms with Crippen molar-refractivity contribution in [3.8, 4) is 5.75 Å². The molecule has 0 atom stereocenters. The van der Waals surface area contributed by atoms with Gasteiger partial charge in [-0.2, -0.15) is 0 Å². The number of nitrogens with one attached hydrogen (secondary N) is 1. The lowest BCUT2D eigenvalue weighted by Gasteiger charge is -2.10. The quantitative estimate of drug-likeness (QED) is 0.853. The zero-order valence-electron chi connectivity index (χ0n) is 9.49. The maximum atomic E-state index is 5.31. The van der Waals surface area contributed by atoms with Crippen LogP contribution < -0.4 is 10.1 Å². The lowest BCUT2D eigenvalue weighted by Crippen LogP contribution is -2.00. The Morgan fingerprint density at radius 3 is 2.88 bits per heavy atom. The Kier molecular flexibility index (Phi) is 3.15. The van der Waals surface area contributed by atoms with Crippen molar-refractivity contribution >= 4 is 5.69 Å². The highest BCUT2D eigenvalue weighted by molar-refractivity contribution is 5.57. The molecule has 0 saturated heterocycles. The molecule has 0 radical (unpaired) electrons. The van der Waals surface area contributed by atoms with Gasteiger partial charge in [-0.25, -0.2) is 0 Å². The van der Waals surface area contributed by atoms with Crippen LogP contribution in [0.25, 0.3) is 0 Å². The van der Waals surface area contributed by atoms with E-state index in [0.29, 0.717) is 0 Å². The molecular weight excluding hydrogens is 202 g/mol. The summed E-state index contributed by atoms with van der Waals surface area (Å²) in [5.41, 5.74) is 3.29. The van der Waals surface area contributed by atoms with Crippen LogP contribution in [0.2, 0.25) is 0 Å². The van der Waals surface area contributed by atoms with Crippen molar-refractivity contribution in [2.75, 3.05) is 12.4 Å². The van der Waals surface area contributed by atoms with E-state index >= 15 is 0 Å². The molecule has 1 heterocycles. The van der Waals surface area contributed by atoms with Gasteiger partial charge in [-0.05, 0) is 30.7 Å². The first-order valence-electron chi connectivity index (χ1n) is 5.19. The third-order valence-corrected chi connectivity index (χ3v) is 2.42. The minimum Gasteiger partial charge on any atom is -0.495 e. The van der Waals surface area contributed by atoms with Crippen molar-refractivity contribution in [3.05, 3.63) is 47.9 Å². The Bertz CT molecular complexity index is 449. The number of aryl methyl sites for hydroxylation is 1. The summed E-state index contributed by atoms with van der Waals surface area (Å²) >= 11 is 0. The van der Waals surface area contributed by atoms with Gasteiger partial charge in [0.05, 0.1) is 25.3 Å². The number of anilines is 1.